The van der Waals surface area contributed by atoms with Crippen molar-refractivity contribution in [3.05, 3.63) is 59.0 Å². The summed E-state index contributed by atoms with van der Waals surface area (Å²) in [5.41, 5.74) is 2.94. The largest absolute Gasteiger partial charge is 0.335 e. The molecular formula is C23H27N5O3. The van der Waals surface area contributed by atoms with Gasteiger partial charge in [-0.2, -0.15) is 0 Å². The van der Waals surface area contributed by atoms with Gasteiger partial charge in [0.15, 0.2) is 0 Å². The third-order valence-corrected chi connectivity index (χ3v) is 5.27. The molecule has 1 heterocycles. The van der Waals surface area contributed by atoms with Gasteiger partial charge >= 0.3 is 11.7 Å². The Hall–Kier alpha value is -3.55. The van der Waals surface area contributed by atoms with Gasteiger partial charge in [0, 0.05) is 36.9 Å². The van der Waals surface area contributed by atoms with Crippen LogP contribution in [0.3, 0.4) is 0 Å². The number of carbonyl (C=O) groups is 2. The summed E-state index contributed by atoms with van der Waals surface area (Å²) in [6.45, 7) is 2.99. The number of imidazole rings is 1. The summed E-state index contributed by atoms with van der Waals surface area (Å²) in [5, 5.41) is 8.48. The first-order chi connectivity index (χ1) is 15.0. The molecule has 4 rings (SSSR count). The van der Waals surface area contributed by atoms with E-state index in [2.05, 4.69) is 16.0 Å². The van der Waals surface area contributed by atoms with E-state index in [0.29, 0.717) is 30.5 Å². The van der Waals surface area contributed by atoms with Crippen LogP contribution in [0.15, 0.2) is 53.3 Å². The Morgan fingerprint density at radius 3 is 2.06 bits per heavy atom. The average molecular weight is 422 g/mol. The monoisotopic (exact) mass is 421 g/mol. The first kappa shape index (κ1) is 20.7. The minimum atomic E-state index is -0.216. The molecule has 1 aliphatic carbocycles. The van der Waals surface area contributed by atoms with Gasteiger partial charge in [0.1, 0.15) is 0 Å². The van der Waals surface area contributed by atoms with Crippen LogP contribution in [-0.2, 0) is 17.9 Å². The van der Waals surface area contributed by atoms with Crippen molar-refractivity contribution in [2.75, 3.05) is 10.6 Å². The summed E-state index contributed by atoms with van der Waals surface area (Å²) in [6.07, 6.45) is 3.11. The minimum Gasteiger partial charge on any atom is -0.335 e. The quantitative estimate of drug-likeness (QED) is 0.519. The van der Waals surface area contributed by atoms with Crippen molar-refractivity contribution in [2.45, 2.75) is 51.7 Å². The fraction of sp³-hybridized carbons (Fsp3) is 0.348. The van der Waals surface area contributed by atoms with Gasteiger partial charge in [-0.1, -0.05) is 19.1 Å². The second kappa shape index (κ2) is 9.07. The minimum absolute atomic E-state index is 0.0873. The molecule has 3 N–H and O–H groups in total. The number of rotatable bonds is 8. The van der Waals surface area contributed by atoms with E-state index in [1.165, 1.54) is 0 Å². The van der Waals surface area contributed by atoms with Crippen molar-refractivity contribution in [1.82, 2.24) is 14.5 Å². The van der Waals surface area contributed by atoms with Gasteiger partial charge in [0.05, 0.1) is 11.0 Å². The predicted octanol–water partition coefficient (Wildman–Crippen LogP) is 3.53. The van der Waals surface area contributed by atoms with Crippen molar-refractivity contribution in [3.63, 3.8) is 0 Å². The van der Waals surface area contributed by atoms with Crippen molar-refractivity contribution in [2.24, 2.45) is 0 Å². The highest BCUT2D eigenvalue weighted by molar-refractivity contribution is 5.92. The number of aryl methyl sites for hydroxylation is 2. The Bertz CT molecular complexity index is 1140. The van der Waals surface area contributed by atoms with Crippen LogP contribution in [0.1, 0.15) is 32.6 Å². The Balaban J connectivity index is 1.36. The summed E-state index contributed by atoms with van der Waals surface area (Å²) < 4.78 is 3.43. The van der Waals surface area contributed by atoms with E-state index in [1.54, 1.807) is 33.4 Å². The Morgan fingerprint density at radius 2 is 1.48 bits per heavy atom. The zero-order valence-electron chi connectivity index (χ0n) is 17.6. The summed E-state index contributed by atoms with van der Waals surface area (Å²) in [7, 11) is 0. The molecule has 0 radical (unpaired) electrons. The van der Waals surface area contributed by atoms with Crippen LogP contribution in [-0.4, -0.2) is 27.1 Å². The summed E-state index contributed by atoms with van der Waals surface area (Å²) in [6, 6.07) is 14.7. The van der Waals surface area contributed by atoms with Crippen LogP contribution in [0.5, 0.6) is 0 Å². The molecule has 0 unspecified atom stereocenters. The van der Waals surface area contributed by atoms with E-state index in [4.69, 9.17) is 0 Å². The van der Waals surface area contributed by atoms with Crippen LogP contribution in [0.25, 0.3) is 11.0 Å². The second-order valence-electron chi connectivity index (χ2n) is 7.82. The molecule has 1 fully saturated rings. The van der Waals surface area contributed by atoms with E-state index < -0.39 is 0 Å². The maximum Gasteiger partial charge on any atom is 0.329 e. The van der Waals surface area contributed by atoms with Crippen molar-refractivity contribution in [3.8, 4) is 0 Å². The maximum atomic E-state index is 12.8. The van der Waals surface area contributed by atoms with E-state index in [0.717, 1.165) is 30.3 Å². The lowest BCUT2D eigenvalue weighted by Gasteiger charge is -2.09. The van der Waals surface area contributed by atoms with Gasteiger partial charge < -0.3 is 16.0 Å². The van der Waals surface area contributed by atoms with Crippen LogP contribution >= 0.6 is 0 Å². The van der Waals surface area contributed by atoms with Gasteiger partial charge in [0.25, 0.3) is 0 Å². The highest BCUT2D eigenvalue weighted by atomic mass is 16.2. The number of fused-ring (bicyclic) bond motifs is 1. The van der Waals surface area contributed by atoms with Crippen LogP contribution in [0.2, 0.25) is 0 Å². The zero-order chi connectivity index (χ0) is 21.8. The molecule has 1 aliphatic rings. The topological polar surface area (TPSA) is 97.2 Å². The fourth-order valence-electron chi connectivity index (χ4n) is 3.58. The molecule has 3 aromatic rings. The zero-order valence-corrected chi connectivity index (χ0v) is 17.6. The van der Waals surface area contributed by atoms with Crippen molar-refractivity contribution >= 4 is 34.3 Å². The number of nitrogens with one attached hydrogen (secondary N) is 3. The number of benzene rings is 2. The smallest absolute Gasteiger partial charge is 0.329 e. The first-order valence-electron chi connectivity index (χ1n) is 10.7. The summed E-state index contributed by atoms with van der Waals surface area (Å²) >= 11 is 0. The standard InChI is InChI=1S/C23H27N5O3/c1-2-14-27-19-5-3-4-6-20(19)28(23(27)31)15-13-21(29)24-16-7-9-17(10-8-16)25-22(30)26-18-11-12-18/h3-10,18H,2,11-15H2,1H3,(H,24,29)(H2,25,26,30). The second-order valence-corrected chi connectivity index (χ2v) is 7.82. The van der Waals surface area contributed by atoms with Gasteiger partial charge in [-0.3, -0.25) is 13.9 Å². The molecule has 1 saturated carbocycles. The molecule has 31 heavy (non-hydrogen) atoms. The number of hydrogen-bond acceptors (Lipinski definition) is 3. The molecule has 2 aromatic carbocycles. The van der Waals surface area contributed by atoms with E-state index in [-0.39, 0.29) is 24.0 Å². The maximum absolute atomic E-state index is 12.8. The van der Waals surface area contributed by atoms with Gasteiger partial charge in [-0.05, 0) is 55.7 Å². The molecule has 0 spiro atoms. The average Bonchev–Trinajstić information content (AvgIpc) is 3.53. The molecule has 1 aromatic heterocycles. The predicted molar refractivity (Wildman–Crippen MR) is 121 cm³/mol. The molecule has 8 heteroatoms. The van der Waals surface area contributed by atoms with Crippen molar-refractivity contribution in [1.29, 1.82) is 0 Å². The molecular weight excluding hydrogens is 394 g/mol. The van der Waals surface area contributed by atoms with Crippen molar-refractivity contribution < 1.29 is 9.59 Å². The fourth-order valence-corrected chi connectivity index (χ4v) is 3.58. The normalized spacial score (nSPS) is 13.2. The summed E-state index contributed by atoms with van der Waals surface area (Å²) in [5.74, 6) is -0.175. The highest BCUT2D eigenvalue weighted by Gasteiger charge is 2.23. The lowest BCUT2D eigenvalue weighted by molar-refractivity contribution is -0.116. The SMILES string of the molecule is CCCn1c(=O)n(CCC(=O)Nc2ccc(NC(=O)NC3CC3)cc2)c2ccccc21. The molecule has 0 bridgehead atoms. The number of anilines is 2. The summed E-state index contributed by atoms with van der Waals surface area (Å²) in [4.78, 5) is 37.0. The molecule has 0 saturated heterocycles. The van der Waals surface area contributed by atoms with Gasteiger partial charge in [-0.15, -0.1) is 0 Å². The number of aromatic nitrogens is 2. The molecule has 0 aliphatic heterocycles. The Kier molecular flexibility index (Phi) is 6.06. The third kappa shape index (κ3) is 4.96. The lowest BCUT2D eigenvalue weighted by Crippen LogP contribution is -2.30. The van der Waals surface area contributed by atoms with Gasteiger partial charge in [0.2, 0.25) is 5.91 Å². The number of nitrogens with zero attached hydrogens (tertiary/aromatic N) is 2. The number of amides is 3. The first-order valence-corrected chi connectivity index (χ1v) is 10.7. The third-order valence-electron chi connectivity index (χ3n) is 5.27. The highest BCUT2D eigenvalue weighted by Crippen LogP contribution is 2.19. The van der Waals surface area contributed by atoms with E-state index in [1.807, 2.05) is 31.2 Å². The van der Waals surface area contributed by atoms with E-state index >= 15 is 0 Å². The van der Waals surface area contributed by atoms with E-state index in [9.17, 15) is 14.4 Å². The Labute approximate surface area is 180 Å². The van der Waals surface area contributed by atoms with Crippen LogP contribution in [0, 0.1) is 0 Å². The van der Waals surface area contributed by atoms with Gasteiger partial charge in [-0.25, -0.2) is 9.59 Å². The number of urea groups is 1. The molecule has 0 atom stereocenters. The number of para-hydroxylation sites is 2. The lowest BCUT2D eigenvalue weighted by atomic mass is 10.2. The Morgan fingerprint density at radius 1 is 0.903 bits per heavy atom. The number of carbonyl (C=O) groups excluding carboxylic acids is 2. The number of hydrogen-bond donors (Lipinski definition) is 3. The molecule has 162 valence electrons. The van der Waals surface area contributed by atoms with Crippen LogP contribution < -0.4 is 21.6 Å². The van der Waals surface area contributed by atoms with Crippen LogP contribution in [0.4, 0.5) is 16.2 Å². The molecule has 8 nitrogen and oxygen atoms in total. The molecule has 3 amide bonds.